The molecule has 0 bridgehead atoms. The van der Waals surface area contributed by atoms with Crippen molar-refractivity contribution in [1.82, 2.24) is 5.32 Å². The molecule has 19 heavy (non-hydrogen) atoms. The Kier molecular flexibility index (Phi) is 5.41. The van der Waals surface area contributed by atoms with Gasteiger partial charge in [-0.15, -0.1) is 0 Å². The first-order valence-corrected chi connectivity index (χ1v) is 7.57. The molecule has 2 rings (SSSR count). The molecule has 1 aliphatic rings. The summed E-state index contributed by atoms with van der Waals surface area (Å²) in [6.07, 6.45) is 4.13. The number of aryl methyl sites for hydroxylation is 1. The van der Waals surface area contributed by atoms with E-state index >= 15 is 0 Å². The zero-order valence-electron chi connectivity index (χ0n) is 12.5. The molecule has 0 radical (unpaired) electrons. The van der Waals surface area contributed by atoms with E-state index < -0.39 is 0 Å². The standard InChI is InChI=1S/C17H27NO/c1-13(2)19-11-10-15(12-18-16-8-9-16)17-7-5-4-6-14(17)3/h4-7,13,15-16,18H,8-12H2,1-3H3. The molecular weight excluding hydrogens is 234 g/mol. The monoisotopic (exact) mass is 261 g/mol. The molecule has 1 atom stereocenters. The normalized spacial score (nSPS) is 16.8. The molecule has 0 spiro atoms. The first-order valence-electron chi connectivity index (χ1n) is 7.57. The number of ether oxygens (including phenoxy) is 1. The summed E-state index contributed by atoms with van der Waals surface area (Å²) >= 11 is 0. The van der Waals surface area contributed by atoms with Crippen LogP contribution < -0.4 is 5.32 Å². The lowest BCUT2D eigenvalue weighted by Gasteiger charge is -2.21. The molecule has 0 aliphatic heterocycles. The molecule has 1 saturated carbocycles. The number of nitrogens with one attached hydrogen (secondary N) is 1. The van der Waals surface area contributed by atoms with E-state index in [2.05, 4.69) is 50.4 Å². The van der Waals surface area contributed by atoms with Gasteiger partial charge in [0, 0.05) is 19.2 Å². The number of rotatable bonds is 8. The maximum Gasteiger partial charge on any atom is 0.0518 e. The number of hydrogen-bond donors (Lipinski definition) is 1. The fraction of sp³-hybridized carbons (Fsp3) is 0.647. The largest absolute Gasteiger partial charge is 0.379 e. The van der Waals surface area contributed by atoms with Crippen molar-refractivity contribution in [2.75, 3.05) is 13.2 Å². The van der Waals surface area contributed by atoms with Gasteiger partial charge in [0.25, 0.3) is 0 Å². The smallest absolute Gasteiger partial charge is 0.0518 e. The van der Waals surface area contributed by atoms with E-state index in [1.165, 1.54) is 24.0 Å². The molecule has 1 unspecified atom stereocenters. The Hall–Kier alpha value is -0.860. The Balaban J connectivity index is 1.93. The molecule has 0 amide bonds. The van der Waals surface area contributed by atoms with Crippen molar-refractivity contribution in [2.24, 2.45) is 0 Å². The van der Waals surface area contributed by atoms with Gasteiger partial charge >= 0.3 is 0 Å². The molecular formula is C17H27NO. The predicted molar refractivity (Wildman–Crippen MR) is 80.6 cm³/mol. The van der Waals surface area contributed by atoms with Gasteiger partial charge in [0.1, 0.15) is 0 Å². The van der Waals surface area contributed by atoms with Crippen LogP contribution in [-0.4, -0.2) is 25.3 Å². The minimum absolute atomic E-state index is 0.328. The molecule has 0 heterocycles. The quantitative estimate of drug-likeness (QED) is 0.771. The van der Waals surface area contributed by atoms with E-state index in [-0.39, 0.29) is 0 Å². The Morgan fingerprint density at radius 2 is 2.00 bits per heavy atom. The summed E-state index contributed by atoms with van der Waals surface area (Å²) in [6, 6.07) is 9.52. The van der Waals surface area contributed by atoms with Gasteiger partial charge in [0.05, 0.1) is 6.10 Å². The van der Waals surface area contributed by atoms with Crippen molar-refractivity contribution in [1.29, 1.82) is 0 Å². The van der Waals surface area contributed by atoms with Gasteiger partial charge < -0.3 is 10.1 Å². The third-order valence-corrected chi connectivity index (χ3v) is 3.78. The first-order chi connectivity index (χ1) is 9.16. The van der Waals surface area contributed by atoms with Gasteiger partial charge in [-0.3, -0.25) is 0 Å². The minimum Gasteiger partial charge on any atom is -0.379 e. The molecule has 0 saturated heterocycles. The highest BCUT2D eigenvalue weighted by Crippen LogP contribution is 2.25. The van der Waals surface area contributed by atoms with E-state index in [0.29, 0.717) is 12.0 Å². The number of hydrogen-bond acceptors (Lipinski definition) is 2. The highest BCUT2D eigenvalue weighted by atomic mass is 16.5. The van der Waals surface area contributed by atoms with Crippen molar-refractivity contribution >= 4 is 0 Å². The summed E-state index contributed by atoms with van der Waals surface area (Å²) < 4.78 is 5.73. The maximum atomic E-state index is 5.73. The van der Waals surface area contributed by atoms with E-state index in [4.69, 9.17) is 4.74 Å². The van der Waals surface area contributed by atoms with E-state index in [9.17, 15) is 0 Å². The molecule has 1 fully saturated rings. The lowest BCUT2D eigenvalue weighted by atomic mass is 9.92. The molecule has 1 aromatic rings. The van der Waals surface area contributed by atoms with Gasteiger partial charge in [0.15, 0.2) is 0 Å². The van der Waals surface area contributed by atoms with Crippen LogP contribution in [0.1, 0.15) is 50.2 Å². The Labute approximate surface area is 117 Å². The fourth-order valence-electron chi connectivity index (χ4n) is 2.45. The molecule has 106 valence electrons. The van der Waals surface area contributed by atoms with Crippen LogP contribution in [0.4, 0.5) is 0 Å². The Morgan fingerprint density at radius 1 is 1.26 bits per heavy atom. The number of benzene rings is 1. The van der Waals surface area contributed by atoms with Crippen LogP contribution in [0.5, 0.6) is 0 Å². The highest BCUT2D eigenvalue weighted by Gasteiger charge is 2.22. The van der Waals surface area contributed by atoms with Crippen molar-refractivity contribution < 1.29 is 4.74 Å². The van der Waals surface area contributed by atoms with Crippen molar-refractivity contribution in [3.8, 4) is 0 Å². The molecule has 0 aromatic heterocycles. The third-order valence-electron chi connectivity index (χ3n) is 3.78. The summed E-state index contributed by atoms with van der Waals surface area (Å²) in [5.41, 5.74) is 2.87. The summed E-state index contributed by atoms with van der Waals surface area (Å²) in [6.45, 7) is 8.35. The van der Waals surface area contributed by atoms with Gasteiger partial charge in [-0.25, -0.2) is 0 Å². The maximum absolute atomic E-state index is 5.73. The average molecular weight is 261 g/mol. The van der Waals surface area contributed by atoms with Gasteiger partial charge in [-0.1, -0.05) is 24.3 Å². The van der Waals surface area contributed by atoms with Crippen LogP contribution in [0.2, 0.25) is 0 Å². The third kappa shape index (κ3) is 4.96. The highest BCUT2D eigenvalue weighted by molar-refractivity contribution is 5.29. The summed E-state index contributed by atoms with van der Waals surface area (Å²) in [7, 11) is 0. The van der Waals surface area contributed by atoms with Crippen LogP contribution in [0, 0.1) is 6.92 Å². The molecule has 1 N–H and O–H groups in total. The SMILES string of the molecule is Cc1ccccc1C(CCOC(C)C)CNC1CC1. The average Bonchev–Trinajstić information content (AvgIpc) is 3.18. The lowest BCUT2D eigenvalue weighted by Crippen LogP contribution is -2.25. The topological polar surface area (TPSA) is 21.3 Å². The minimum atomic E-state index is 0.328. The van der Waals surface area contributed by atoms with Crippen molar-refractivity contribution in [2.45, 2.75) is 58.1 Å². The predicted octanol–water partition coefficient (Wildman–Crippen LogP) is 3.65. The first kappa shape index (κ1) is 14.5. The summed E-state index contributed by atoms with van der Waals surface area (Å²) in [4.78, 5) is 0. The van der Waals surface area contributed by atoms with Gasteiger partial charge in [-0.2, -0.15) is 0 Å². The van der Waals surface area contributed by atoms with Crippen LogP contribution in [0.15, 0.2) is 24.3 Å². The molecule has 1 aromatic carbocycles. The zero-order valence-corrected chi connectivity index (χ0v) is 12.5. The van der Waals surface area contributed by atoms with Crippen LogP contribution >= 0.6 is 0 Å². The molecule has 1 aliphatic carbocycles. The van der Waals surface area contributed by atoms with E-state index in [1.807, 2.05) is 0 Å². The second-order valence-electron chi connectivity index (χ2n) is 5.94. The Morgan fingerprint density at radius 3 is 2.63 bits per heavy atom. The lowest BCUT2D eigenvalue weighted by molar-refractivity contribution is 0.0732. The van der Waals surface area contributed by atoms with Crippen LogP contribution in [0.3, 0.4) is 0 Å². The van der Waals surface area contributed by atoms with Gasteiger partial charge in [0.2, 0.25) is 0 Å². The van der Waals surface area contributed by atoms with Gasteiger partial charge in [-0.05, 0) is 57.1 Å². The van der Waals surface area contributed by atoms with Crippen LogP contribution in [-0.2, 0) is 4.74 Å². The molecule has 2 heteroatoms. The van der Waals surface area contributed by atoms with Crippen molar-refractivity contribution in [3.63, 3.8) is 0 Å². The summed E-state index contributed by atoms with van der Waals surface area (Å²) in [5, 5.41) is 3.66. The second kappa shape index (κ2) is 7.06. The summed E-state index contributed by atoms with van der Waals surface area (Å²) in [5.74, 6) is 0.570. The second-order valence-corrected chi connectivity index (χ2v) is 5.94. The van der Waals surface area contributed by atoms with E-state index in [0.717, 1.165) is 25.6 Å². The zero-order chi connectivity index (χ0) is 13.7. The fourth-order valence-corrected chi connectivity index (χ4v) is 2.45. The van der Waals surface area contributed by atoms with Crippen LogP contribution in [0.25, 0.3) is 0 Å². The molecule has 2 nitrogen and oxygen atoms in total. The van der Waals surface area contributed by atoms with Crippen molar-refractivity contribution in [3.05, 3.63) is 35.4 Å². The van der Waals surface area contributed by atoms with E-state index in [1.54, 1.807) is 0 Å². The Bertz CT molecular complexity index is 385.